The van der Waals surface area contributed by atoms with Gasteiger partial charge in [0.05, 0.1) is 12.6 Å². The summed E-state index contributed by atoms with van der Waals surface area (Å²) in [7, 11) is 1.67. The van der Waals surface area contributed by atoms with Crippen molar-refractivity contribution in [2.24, 2.45) is 0 Å². The summed E-state index contributed by atoms with van der Waals surface area (Å²) >= 11 is 5.83. The number of nitrogens with one attached hydrogen (secondary N) is 1. The van der Waals surface area contributed by atoms with Crippen molar-refractivity contribution >= 4 is 23.6 Å². The van der Waals surface area contributed by atoms with Crippen LogP contribution in [0.5, 0.6) is 0 Å². The van der Waals surface area contributed by atoms with E-state index in [1.165, 1.54) is 4.90 Å². The van der Waals surface area contributed by atoms with Crippen LogP contribution in [0.15, 0.2) is 24.3 Å². The Morgan fingerprint density at radius 1 is 1.35 bits per heavy atom. The molecule has 0 radical (unpaired) electrons. The molecule has 1 aromatic rings. The molecule has 0 saturated heterocycles. The van der Waals surface area contributed by atoms with Gasteiger partial charge in [0.15, 0.2) is 0 Å². The number of benzene rings is 1. The molecule has 0 saturated carbocycles. The number of hydrogen-bond donors (Lipinski definition) is 1. The fraction of sp³-hybridized carbons (Fsp3) is 0.429. The molecular formula is C14H19ClN2O3. The molecular weight excluding hydrogens is 280 g/mol. The highest BCUT2D eigenvalue weighted by atomic mass is 35.5. The first kappa shape index (κ1) is 16.3. The van der Waals surface area contributed by atoms with E-state index in [0.29, 0.717) is 11.6 Å². The number of halogens is 1. The number of rotatable bonds is 5. The van der Waals surface area contributed by atoms with E-state index < -0.39 is 5.97 Å². The maximum absolute atomic E-state index is 11.9. The minimum atomic E-state index is -0.451. The van der Waals surface area contributed by atoms with Crippen LogP contribution in [0.3, 0.4) is 0 Å². The molecule has 0 aliphatic carbocycles. The summed E-state index contributed by atoms with van der Waals surface area (Å²) in [6, 6.07) is 6.81. The molecule has 0 aliphatic heterocycles. The fourth-order valence-corrected chi connectivity index (χ4v) is 1.75. The highest BCUT2D eigenvalue weighted by molar-refractivity contribution is 6.30. The van der Waals surface area contributed by atoms with E-state index in [9.17, 15) is 9.59 Å². The maximum Gasteiger partial charge on any atom is 0.325 e. The Morgan fingerprint density at radius 2 is 1.95 bits per heavy atom. The van der Waals surface area contributed by atoms with E-state index in [0.717, 1.165) is 5.56 Å². The Bertz CT molecular complexity index is 462. The number of carbonyl (C=O) groups excluding carboxylic acids is 2. The van der Waals surface area contributed by atoms with E-state index in [1.54, 1.807) is 26.1 Å². The van der Waals surface area contributed by atoms with Crippen LogP contribution in [0.1, 0.15) is 25.5 Å². The van der Waals surface area contributed by atoms with Crippen LogP contribution >= 0.6 is 11.6 Å². The summed E-state index contributed by atoms with van der Waals surface area (Å²) in [4.78, 5) is 24.6. The summed E-state index contributed by atoms with van der Waals surface area (Å²) in [5.41, 5.74) is 0.961. The van der Waals surface area contributed by atoms with Crippen molar-refractivity contribution in [1.29, 1.82) is 0 Å². The molecule has 1 aromatic carbocycles. The summed E-state index contributed by atoms with van der Waals surface area (Å²) in [6.07, 6.45) is 0. The number of carbonyl (C=O) groups is 2. The molecule has 1 atom stereocenters. The molecule has 0 bridgehead atoms. The summed E-state index contributed by atoms with van der Waals surface area (Å²) in [5, 5.41) is 3.16. The zero-order chi connectivity index (χ0) is 15.1. The molecule has 1 N–H and O–H groups in total. The van der Waals surface area contributed by atoms with Crippen LogP contribution in [0.25, 0.3) is 0 Å². The van der Waals surface area contributed by atoms with Gasteiger partial charge >= 0.3 is 12.0 Å². The average Bonchev–Trinajstić information content (AvgIpc) is 2.44. The van der Waals surface area contributed by atoms with Gasteiger partial charge in [-0.15, -0.1) is 0 Å². The second-order valence-electron chi connectivity index (χ2n) is 4.30. The van der Waals surface area contributed by atoms with Crippen LogP contribution in [0, 0.1) is 0 Å². The van der Waals surface area contributed by atoms with Crippen molar-refractivity contribution in [3.8, 4) is 0 Å². The lowest BCUT2D eigenvalue weighted by atomic mass is 10.1. The van der Waals surface area contributed by atoms with Crippen LogP contribution in [-0.2, 0) is 9.53 Å². The van der Waals surface area contributed by atoms with Gasteiger partial charge in [-0.25, -0.2) is 4.79 Å². The lowest BCUT2D eigenvalue weighted by molar-refractivity contribution is -0.141. The molecule has 0 spiro atoms. The number of ether oxygens (including phenoxy) is 1. The maximum atomic E-state index is 11.9. The minimum Gasteiger partial charge on any atom is -0.465 e. The Kier molecular flexibility index (Phi) is 6.31. The van der Waals surface area contributed by atoms with E-state index in [-0.39, 0.29) is 18.6 Å². The first-order valence-electron chi connectivity index (χ1n) is 6.37. The highest BCUT2D eigenvalue weighted by Gasteiger charge is 2.17. The summed E-state index contributed by atoms with van der Waals surface area (Å²) in [5.74, 6) is -0.451. The SMILES string of the molecule is CCOC(=O)CNC(=O)N(C)C(C)c1ccc(Cl)cc1. The monoisotopic (exact) mass is 298 g/mol. The number of nitrogens with zero attached hydrogens (tertiary/aromatic N) is 1. The summed E-state index contributed by atoms with van der Waals surface area (Å²) in [6.45, 7) is 3.78. The molecule has 6 heteroatoms. The van der Waals surface area contributed by atoms with Crippen molar-refractivity contribution < 1.29 is 14.3 Å². The number of esters is 1. The third-order valence-electron chi connectivity index (χ3n) is 2.94. The largest absolute Gasteiger partial charge is 0.465 e. The zero-order valence-corrected chi connectivity index (χ0v) is 12.6. The molecule has 0 aliphatic rings. The first-order chi connectivity index (χ1) is 9.45. The van der Waals surface area contributed by atoms with Crippen molar-refractivity contribution in [3.63, 3.8) is 0 Å². The molecule has 0 heterocycles. The number of urea groups is 1. The van der Waals surface area contributed by atoms with Gasteiger partial charge in [0.2, 0.25) is 0 Å². The minimum absolute atomic E-state index is 0.130. The van der Waals surface area contributed by atoms with Gasteiger partial charge < -0.3 is 15.0 Å². The fourth-order valence-electron chi connectivity index (χ4n) is 1.63. The quantitative estimate of drug-likeness (QED) is 0.850. The van der Waals surface area contributed by atoms with E-state index in [4.69, 9.17) is 16.3 Å². The third kappa shape index (κ3) is 4.74. The van der Waals surface area contributed by atoms with Crippen molar-refractivity contribution in [3.05, 3.63) is 34.9 Å². The Hall–Kier alpha value is -1.75. The Labute approximate surface area is 123 Å². The molecule has 110 valence electrons. The molecule has 5 nitrogen and oxygen atoms in total. The Morgan fingerprint density at radius 3 is 2.50 bits per heavy atom. The number of amides is 2. The highest BCUT2D eigenvalue weighted by Crippen LogP contribution is 2.20. The van der Waals surface area contributed by atoms with Crippen LogP contribution in [-0.4, -0.2) is 37.1 Å². The number of hydrogen-bond acceptors (Lipinski definition) is 3. The lowest BCUT2D eigenvalue weighted by Crippen LogP contribution is -2.41. The smallest absolute Gasteiger partial charge is 0.325 e. The van der Waals surface area contributed by atoms with E-state index in [1.807, 2.05) is 19.1 Å². The second-order valence-corrected chi connectivity index (χ2v) is 4.74. The standard InChI is InChI=1S/C14H19ClN2O3/c1-4-20-13(18)9-16-14(19)17(3)10(2)11-5-7-12(15)8-6-11/h5-8,10H,4,9H2,1-3H3,(H,16,19). The Balaban J connectivity index is 2.55. The summed E-state index contributed by atoms with van der Waals surface area (Å²) < 4.78 is 4.74. The lowest BCUT2D eigenvalue weighted by Gasteiger charge is -2.25. The van der Waals surface area contributed by atoms with Crippen molar-refractivity contribution in [2.45, 2.75) is 19.9 Å². The molecule has 0 aromatic heterocycles. The van der Waals surface area contributed by atoms with E-state index >= 15 is 0 Å². The van der Waals surface area contributed by atoms with Crippen molar-refractivity contribution in [1.82, 2.24) is 10.2 Å². The van der Waals surface area contributed by atoms with Gasteiger partial charge in [-0.3, -0.25) is 4.79 Å². The first-order valence-corrected chi connectivity index (χ1v) is 6.75. The second kappa shape index (κ2) is 7.75. The van der Waals surface area contributed by atoms with E-state index in [2.05, 4.69) is 5.32 Å². The van der Waals surface area contributed by atoms with Crippen molar-refractivity contribution in [2.75, 3.05) is 20.2 Å². The molecule has 2 amide bonds. The van der Waals surface area contributed by atoms with Gasteiger partial charge in [-0.2, -0.15) is 0 Å². The van der Waals surface area contributed by atoms with Gasteiger partial charge in [0.25, 0.3) is 0 Å². The molecule has 1 unspecified atom stereocenters. The van der Waals surface area contributed by atoms with Gasteiger partial charge in [0.1, 0.15) is 6.54 Å². The zero-order valence-electron chi connectivity index (χ0n) is 11.9. The topological polar surface area (TPSA) is 58.6 Å². The third-order valence-corrected chi connectivity index (χ3v) is 3.19. The van der Waals surface area contributed by atoms with Gasteiger partial charge in [-0.1, -0.05) is 23.7 Å². The van der Waals surface area contributed by atoms with Crippen LogP contribution in [0.4, 0.5) is 4.79 Å². The van der Waals surface area contributed by atoms with Crippen LogP contribution < -0.4 is 5.32 Å². The molecule has 1 rings (SSSR count). The average molecular weight is 299 g/mol. The van der Waals surface area contributed by atoms with Gasteiger partial charge in [-0.05, 0) is 31.5 Å². The predicted molar refractivity (Wildman–Crippen MR) is 77.7 cm³/mol. The predicted octanol–water partition coefficient (Wildman–Crippen LogP) is 2.61. The van der Waals surface area contributed by atoms with Gasteiger partial charge in [0, 0.05) is 12.1 Å². The normalized spacial score (nSPS) is 11.6. The molecule has 20 heavy (non-hydrogen) atoms. The molecule has 0 fully saturated rings. The van der Waals surface area contributed by atoms with Crippen LogP contribution in [0.2, 0.25) is 5.02 Å².